The van der Waals surface area contributed by atoms with Gasteiger partial charge in [-0.25, -0.2) is 9.79 Å². The molecule has 4 rings (SSSR count). The minimum atomic E-state index is -0.882. The molecule has 0 aliphatic carbocycles. The van der Waals surface area contributed by atoms with Crippen molar-refractivity contribution in [2.75, 3.05) is 19.7 Å². The van der Waals surface area contributed by atoms with Gasteiger partial charge in [0.25, 0.3) is 5.91 Å². The van der Waals surface area contributed by atoms with E-state index in [1.54, 1.807) is 20.8 Å². The number of hydrogen-bond acceptors (Lipinski definition) is 6. The summed E-state index contributed by atoms with van der Waals surface area (Å²) in [7, 11) is 0. The average molecular weight is 553 g/mol. The molecule has 0 radical (unpaired) electrons. The molecule has 2 atom stereocenters. The Labute approximate surface area is 241 Å². The molecule has 0 unspecified atom stereocenters. The van der Waals surface area contributed by atoms with Crippen LogP contribution < -0.4 is 5.32 Å². The fraction of sp³-hybridized carbons (Fsp3) is 0.333. The van der Waals surface area contributed by atoms with E-state index in [1.165, 1.54) is 4.90 Å². The van der Waals surface area contributed by atoms with Crippen LogP contribution in [-0.4, -0.2) is 60.1 Å². The second-order valence-corrected chi connectivity index (χ2v) is 10.9. The summed E-state index contributed by atoms with van der Waals surface area (Å²) >= 11 is 0. The number of carbonyl (C=O) groups excluding carboxylic acids is 2. The van der Waals surface area contributed by atoms with Crippen LogP contribution in [0.3, 0.4) is 0 Å². The van der Waals surface area contributed by atoms with Gasteiger partial charge in [-0.15, -0.1) is 0 Å². The van der Waals surface area contributed by atoms with Gasteiger partial charge in [-0.05, 0) is 44.9 Å². The Kier molecular flexibility index (Phi) is 9.88. The van der Waals surface area contributed by atoms with Crippen LogP contribution in [0.1, 0.15) is 43.9 Å². The molecule has 0 aromatic heterocycles. The molecule has 0 saturated carbocycles. The molecule has 41 heavy (non-hydrogen) atoms. The fourth-order valence-electron chi connectivity index (χ4n) is 4.43. The smallest absolute Gasteiger partial charge is 0.410 e. The highest BCUT2D eigenvalue weighted by molar-refractivity contribution is 6.13. The Morgan fingerprint density at radius 1 is 1.02 bits per heavy atom. The standard InChI is InChI=1S/C33H36N4O4/c1-33(2,3)41-32(39)37-19-10-20-40-29(23-37)31(38)36-28(22-34)21-24-15-17-27(18-16-24)35-30(25-11-6-4-7-12-25)26-13-8-5-9-14-26/h4-9,11-18,28-29H,10,19-21,23H2,1-3H3,(H,36,38)/t28-,29-/m0/s1. The molecule has 3 aromatic carbocycles. The predicted molar refractivity (Wildman–Crippen MR) is 158 cm³/mol. The average Bonchev–Trinajstić information content (AvgIpc) is 3.23. The van der Waals surface area contributed by atoms with Crippen LogP contribution in [0.25, 0.3) is 0 Å². The van der Waals surface area contributed by atoms with Crippen molar-refractivity contribution in [2.24, 2.45) is 4.99 Å². The SMILES string of the molecule is CC(C)(C)OC(=O)N1CCCO[C@H](C(=O)N[C@H](C#N)Cc2ccc(N=C(c3ccccc3)c3ccccc3)cc2)C1. The highest BCUT2D eigenvalue weighted by atomic mass is 16.6. The Bertz CT molecular complexity index is 1340. The zero-order valence-electron chi connectivity index (χ0n) is 23.7. The monoisotopic (exact) mass is 552 g/mol. The van der Waals surface area contributed by atoms with Gasteiger partial charge < -0.3 is 19.7 Å². The van der Waals surface area contributed by atoms with Crippen molar-refractivity contribution < 1.29 is 19.1 Å². The Morgan fingerprint density at radius 2 is 1.63 bits per heavy atom. The zero-order chi connectivity index (χ0) is 29.2. The largest absolute Gasteiger partial charge is 0.444 e. The van der Waals surface area contributed by atoms with E-state index in [0.717, 1.165) is 28.1 Å². The van der Waals surface area contributed by atoms with Gasteiger partial charge in [-0.3, -0.25) is 4.79 Å². The van der Waals surface area contributed by atoms with Gasteiger partial charge >= 0.3 is 6.09 Å². The molecule has 0 bridgehead atoms. The highest BCUT2D eigenvalue weighted by Gasteiger charge is 2.31. The molecule has 1 fully saturated rings. The second kappa shape index (κ2) is 13.7. The van der Waals surface area contributed by atoms with Crippen molar-refractivity contribution in [3.8, 4) is 6.07 Å². The molecule has 1 saturated heterocycles. The molecule has 0 spiro atoms. The van der Waals surface area contributed by atoms with E-state index in [-0.39, 0.29) is 6.54 Å². The summed E-state index contributed by atoms with van der Waals surface area (Å²) in [6.45, 7) is 6.23. The van der Waals surface area contributed by atoms with Crippen LogP contribution in [0.2, 0.25) is 0 Å². The van der Waals surface area contributed by atoms with Crippen LogP contribution >= 0.6 is 0 Å². The summed E-state index contributed by atoms with van der Waals surface area (Å²) in [5.41, 5.74) is 3.92. The van der Waals surface area contributed by atoms with Crippen molar-refractivity contribution in [2.45, 2.75) is 51.4 Å². The van der Waals surface area contributed by atoms with Crippen molar-refractivity contribution in [1.29, 1.82) is 5.26 Å². The molecule has 8 nitrogen and oxygen atoms in total. The zero-order valence-corrected chi connectivity index (χ0v) is 23.7. The van der Waals surface area contributed by atoms with Gasteiger partial charge in [-0.2, -0.15) is 5.26 Å². The fourth-order valence-corrected chi connectivity index (χ4v) is 4.43. The first-order valence-corrected chi connectivity index (χ1v) is 13.8. The molecular weight excluding hydrogens is 516 g/mol. The van der Waals surface area contributed by atoms with Gasteiger partial charge in [-0.1, -0.05) is 72.8 Å². The minimum Gasteiger partial charge on any atom is -0.444 e. The van der Waals surface area contributed by atoms with Crippen molar-refractivity contribution >= 4 is 23.4 Å². The second-order valence-electron chi connectivity index (χ2n) is 10.9. The first kappa shape index (κ1) is 29.5. The number of carbonyl (C=O) groups is 2. The van der Waals surface area contributed by atoms with Gasteiger partial charge in [0.05, 0.1) is 24.0 Å². The van der Waals surface area contributed by atoms with Gasteiger partial charge in [0, 0.05) is 30.7 Å². The lowest BCUT2D eigenvalue weighted by Crippen LogP contribution is -2.48. The molecule has 3 aromatic rings. The third-order valence-electron chi connectivity index (χ3n) is 6.41. The molecule has 1 aliphatic rings. The number of nitriles is 1. The maximum Gasteiger partial charge on any atom is 0.410 e. The van der Waals surface area contributed by atoms with Crippen LogP contribution in [0.15, 0.2) is 89.9 Å². The molecule has 8 heteroatoms. The van der Waals surface area contributed by atoms with Gasteiger partial charge in [0.2, 0.25) is 0 Å². The molecular formula is C33H36N4O4. The van der Waals surface area contributed by atoms with E-state index >= 15 is 0 Å². The molecule has 2 amide bonds. The summed E-state index contributed by atoms with van der Waals surface area (Å²) < 4.78 is 11.2. The van der Waals surface area contributed by atoms with Gasteiger partial charge in [0.15, 0.2) is 6.10 Å². The number of ether oxygens (including phenoxy) is 2. The lowest BCUT2D eigenvalue weighted by atomic mass is 10.0. The number of amides is 2. The number of benzene rings is 3. The maximum atomic E-state index is 13.0. The maximum absolute atomic E-state index is 13.0. The van der Waals surface area contributed by atoms with Crippen LogP contribution in [-0.2, 0) is 20.7 Å². The Morgan fingerprint density at radius 3 is 2.20 bits per heavy atom. The summed E-state index contributed by atoms with van der Waals surface area (Å²) in [5.74, 6) is -0.427. The first-order valence-electron chi connectivity index (χ1n) is 13.8. The lowest BCUT2D eigenvalue weighted by Gasteiger charge is -2.27. The Balaban J connectivity index is 1.41. The van der Waals surface area contributed by atoms with Crippen LogP contribution in [0.5, 0.6) is 0 Å². The number of hydrogen-bond donors (Lipinski definition) is 1. The number of rotatable bonds is 7. The van der Waals surface area contributed by atoms with Crippen molar-refractivity contribution in [3.63, 3.8) is 0 Å². The molecule has 1 N–H and O–H groups in total. The molecule has 1 aliphatic heterocycles. The topological polar surface area (TPSA) is 104 Å². The number of aliphatic imine (C=N–C) groups is 1. The van der Waals surface area contributed by atoms with E-state index in [2.05, 4.69) is 11.4 Å². The summed E-state index contributed by atoms with van der Waals surface area (Å²) in [6.07, 6.45) is -0.454. The summed E-state index contributed by atoms with van der Waals surface area (Å²) in [5, 5.41) is 12.6. The quantitative estimate of drug-likeness (QED) is 0.394. The Hall–Kier alpha value is -4.48. The van der Waals surface area contributed by atoms with E-state index in [4.69, 9.17) is 14.5 Å². The van der Waals surface area contributed by atoms with E-state index in [9.17, 15) is 14.9 Å². The lowest BCUT2D eigenvalue weighted by molar-refractivity contribution is -0.133. The van der Waals surface area contributed by atoms with Crippen LogP contribution in [0.4, 0.5) is 10.5 Å². The summed E-state index contributed by atoms with van der Waals surface area (Å²) in [4.78, 5) is 32.0. The molecule has 1 heterocycles. The number of nitrogens with zero attached hydrogens (tertiary/aromatic N) is 3. The van der Waals surface area contributed by atoms with Crippen LogP contribution in [0, 0.1) is 11.3 Å². The van der Waals surface area contributed by atoms with E-state index in [0.29, 0.717) is 26.0 Å². The van der Waals surface area contributed by atoms with Gasteiger partial charge in [0.1, 0.15) is 11.6 Å². The highest BCUT2D eigenvalue weighted by Crippen LogP contribution is 2.20. The van der Waals surface area contributed by atoms with Crippen molar-refractivity contribution in [1.82, 2.24) is 10.2 Å². The molecule has 212 valence electrons. The minimum absolute atomic E-state index is 0.0662. The van der Waals surface area contributed by atoms with E-state index < -0.39 is 29.7 Å². The normalized spacial score (nSPS) is 16.0. The third-order valence-corrected chi connectivity index (χ3v) is 6.41. The first-order chi connectivity index (χ1) is 19.7. The number of nitrogens with one attached hydrogen (secondary N) is 1. The predicted octanol–water partition coefficient (Wildman–Crippen LogP) is 5.43. The third kappa shape index (κ3) is 8.75. The van der Waals surface area contributed by atoms with Crippen molar-refractivity contribution in [3.05, 3.63) is 102 Å². The summed E-state index contributed by atoms with van der Waals surface area (Å²) in [6, 6.07) is 29.1. The van der Waals surface area contributed by atoms with E-state index in [1.807, 2.05) is 84.9 Å².